The third-order valence-corrected chi connectivity index (χ3v) is 4.38. The Morgan fingerprint density at radius 1 is 1.04 bits per heavy atom. The number of carbonyl (C=O) groups excluding carboxylic acids is 1. The first-order valence-corrected chi connectivity index (χ1v) is 8.37. The Kier molecular flexibility index (Phi) is 5.55. The lowest BCUT2D eigenvalue weighted by Crippen LogP contribution is -2.41. The van der Waals surface area contributed by atoms with E-state index in [0.29, 0.717) is 0 Å². The molecule has 1 amide bonds. The van der Waals surface area contributed by atoms with E-state index in [4.69, 9.17) is 11.6 Å². The largest absolute Gasteiger partial charge is 0.573 e. The first-order valence-electron chi connectivity index (χ1n) is 6.51. The number of ether oxygens (including phenoxy) is 1. The molecule has 134 valence electrons. The number of hydrogen-bond donors (Lipinski definition) is 2. The summed E-state index contributed by atoms with van der Waals surface area (Å²) in [7, 11) is -4.20. The van der Waals surface area contributed by atoms with Gasteiger partial charge in [-0.3, -0.25) is 10.2 Å². The summed E-state index contributed by atoms with van der Waals surface area (Å²) in [6.45, 7) is 0. The second kappa shape index (κ2) is 7.30. The number of hydrazine groups is 1. The van der Waals surface area contributed by atoms with Crippen LogP contribution in [0.2, 0.25) is 5.02 Å². The van der Waals surface area contributed by atoms with Crippen molar-refractivity contribution in [3.63, 3.8) is 0 Å². The molecule has 0 unspecified atom stereocenters. The smallest absolute Gasteiger partial charge is 0.406 e. The van der Waals surface area contributed by atoms with Gasteiger partial charge in [0.1, 0.15) is 5.75 Å². The average molecular weight is 395 g/mol. The third kappa shape index (κ3) is 5.34. The third-order valence-electron chi connectivity index (χ3n) is 2.79. The molecule has 0 atom stereocenters. The molecule has 2 aromatic rings. The molecule has 0 aromatic heterocycles. The van der Waals surface area contributed by atoms with Crippen molar-refractivity contribution in [2.45, 2.75) is 11.3 Å². The van der Waals surface area contributed by atoms with Gasteiger partial charge in [-0.15, -0.1) is 18.0 Å². The highest BCUT2D eigenvalue weighted by molar-refractivity contribution is 7.89. The molecule has 2 N–H and O–H groups in total. The fourth-order valence-electron chi connectivity index (χ4n) is 1.71. The Morgan fingerprint density at radius 2 is 1.64 bits per heavy atom. The van der Waals surface area contributed by atoms with Gasteiger partial charge in [-0.25, -0.2) is 8.42 Å². The van der Waals surface area contributed by atoms with Crippen molar-refractivity contribution >= 4 is 27.5 Å². The maximum Gasteiger partial charge on any atom is 0.573 e. The summed E-state index contributed by atoms with van der Waals surface area (Å²) in [5.41, 5.74) is 2.00. The van der Waals surface area contributed by atoms with E-state index in [9.17, 15) is 26.4 Å². The number of hydrogen-bond acceptors (Lipinski definition) is 4. The topological polar surface area (TPSA) is 84.5 Å². The van der Waals surface area contributed by atoms with Crippen LogP contribution in [0.25, 0.3) is 0 Å². The van der Waals surface area contributed by atoms with Crippen LogP contribution in [0.4, 0.5) is 13.2 Å². The SMILES string of the molecule is O=C(NNS(=O)(=O)c1ccc(OC(F)(F)F)cc1)c1ccccc1Cl. The van der Waals surface area contributed by atoms with E-state index >= 15 is 0 Å². The predicted molar refractivity (Wildman–Crippen MR) is 82.4 cm³/mol. The average Bonchev–Trinajstić information content (AvgIpc) is 2.52. The Morgan fingerprint density at radius 3 is 2.20 bits per heavy atom. The highest BCUT2D eigenvalue weighted by atomic mass is 35.5. The van der Waals surface area contributed by atoms with Gasteiger partial charge < -0.3 is 4.74 Å². The monoisotopic (exact) mass is 394 g/mol. The van der Waals surface area contributed by atoms with E-state index in [1.807, 2.05) is 10.3 Å². The lowest BCUT2D eigenvalue weighted by molar-refractivity contribution is -0.274. The number of nitrogens with one attached hydrogen (secondary N) is 2. The summed E-state index contributed by atoms with van der Waals surface area (Å²) >= 11 is 5.81. The molecule has 0 heterocycles. The van der Waals surface area contributed by atoms with Crippen LogP contribution in [0.15, 0.2) is 53.4 Å². The Balaban J connectivity index is 2.06. The van der Waals surface area contributed by atoms with Crippen LogP contribution in [0.1, 0.15) is 10.4 Å². The number of amides is 1. The first-order chi connectivity index (χ1) is 11.6. The minimum absolute atomic E-state index is 0.0424. The lowest BCUT2D eigenvalue weighted by atomic mass is 10.2. The maximum absolute atomic E-state index is 12.1. The molecule has 2 aromatic carbocycles. The summed E-state index contributed by atoms with van der Waals surface area (Å²) in [6.07, 6.45) is -4.89. The molecular formula is C14H10ClF3N2O4S. The molecule has 0 spiro atoms. The fraction of sp³-hybridized carbons (Fsp3) is 0.0714. The molecule has 0 radical (unpaired) electrons. The molecule has 25 heavy (non-hydrogen) atoms. The van der Waals surface area contributed by atoms with Crippen LogP contribution in [0.5, 0.6) is 5.75 Å². The number of benzene rings is 2. The predicted octanol–water partition coefficient (Wildman–Crippen LogP) is 2.86. The molecule has 0 aliphatic rings. The Hall–Kier alpha value is -2.30. The van der Waals surface area contributed by atoms with Crippen molar-refractivity contribution < 1.29 is 31.1 Å². The quantitative estimate of drug-likeness (QED) is 0.764. The van der Waals surface area contributed by atoms with Crippen molar-refractivity contribution in [2.24, 2.45) is 0 Å². The summed E-state index contributed by atoms with van der Waals surface area (Å²) < 4.78 is 63.9. The zero-order chi connectivity index (χ0) is 18.7. The minimum Gasteiger partial charge on any atom is -0.406 e. The second-order valence-corrected chi connectivity index (χ2v) is 6.65. The van der Waals surface area contributed by atoms with E-state index in [0.717, 1.165) is 24.3 Å². The molecule has 0 saturated carbocycles. The Bertz CT molecular complexity index is 870. The normalized spacial score (nSPS) is 11.8. The molecule has 11 heteroatoms. The molecular weight excluding hydrogens is 385 g/mol. The van der Waals surface area contributed by atoms with Gasteiger partial charge in [0.05, 0.1) is 15.5 Å². The van der Waals surface area contributed by atoms with Crippen molar-refractivity contribution in [1.82, 2.24) is 10.3 Å². The van der Waals surface area contributed by atoms with Gasteiger partial charge in [0.15, 0.2) is 0 Å². The lowest BCUT2D eigenvalue weighted by Gasteiger charge is -2.11. The van der Waals surface area contributed by atoms with E-state index in [2.05, 4.69) is 4.74 Å². The van der Waals surface area contributed by atoms with E-state index < -0.39 is 28.0 Å². The summed E-state index contributed by atoms with van der Waals surface area (Å²) in [5.74, 6) is -1.38. The van der Waals surface area contributed by atoms with Gasteiger partial charge in [0.2, 0.25) is 0 Å². The second-order valence-electron chi connectivity index (χ2n) is 4.56. The first kappa shape index (κ1) is 19.0. The van der Waals surface area contributed by atoms with Gasteiger partial charge in [-0.05, 0) is 36.4 Å². The van der Waals surface area contributed by atoms with Crippen LogP contribution in [-0.2, 0) is 10.0 Å². The van der Waals surface area contributed by atoms with E-state index in [1.165, 1.54) is 18.2 Å². The molecule has 2 rings (SSSR count). The van der Waals surface area contributed by atoms with E-state index in [-0.39, 0.29) is 15.5 Å². The van der Waals surface area contributed by atoms with Crippen LogP contribution < -0.4 is 15.0 Å². The molecule has 0 aliphatic heterocycles. The molecule has 0 fully saturated rings. The minimum atomic E-state index is -4.89. The maximum atomic E-state index is 12.1. The van der Waals surface area contributed by atoms with Crippen LogP contribution in [0, 0.1) is 0 Å². The molecule has 6 nitrogen and oxygen atoms in total. The molecule has 0 bridgehead atoms. The van der Waals surface area contributed by atoms with Crippen molar-refractivity contribution in [1.29, 1.82) is 0 Å². The van der Waals surface area contributed by atoms with Crippen LogP contribution in [0.3, 0.4) is 0 Å². The van der Waals surface area contributed by atoms with Crippen molar-refractivity contribution in [2.75, 3.05) is 0 Å². The van der Waals surface area contributed by atoms with Gasteiger partial charge in [0, 0.05) is 0 Å². The number of carbonyl (C=O) groups is 1. The van der Waals surface area contributed by atoms with Gasteiger partial charge in [-0.2, -0.15) is 0 Å². The van der Waals surface area contributed by atoms with E-state index in [1.54, 1.807) is 6.07 Å². The fourth-order valence-corrected chi connectivity index (χ4v) is 2.77. The van der Waals surface area contributed by atoms with Crippen LogP contribution in [-0.4, -0.2) is 20.7 Å². The zero-order valence-corrected chi connectivity index (χ0v) is 13.7. The van der Waals surface area contributed by atoms with Gasteiger partial charge in [-0.1, -0.05) is 23.7 Å². The summed E-state index contributed by atoms with van der Waals surface area (Å²) in [5, 5.41) is 0.118. The molecule has 0 saturated heterocycles. The summed E-state index contributed by atoms with van der Waals surface area (Å²) in [4.78, 5) is 13.3. The van der Waals surface area contributed by atoms with Crippen molar-refractivity contribution in [3.05, 3.63) is 59.1 Å². The highest BCUT2D eigenvalue weighted by Crippen LogP contribution is 2.23. The number of rotatable bonds is 5. The number of halogens is 4. The zero-order valence-electron chi connectivity index (χ0n) is 12.2. The van der Waals surface area contributed by atoms with Gasteiger partial charge in [0.25, 0.3) is 15.9 Å². The van der Waals surface area contributed by atoms with Crippen molar-refractivity contribution in [3.8, 4) is 5.75 Å². The number of alkyl halides is 3. The van der Waals surface area contributed by atoms with Gasteiger partial charge >= 0.3 is 6.36 Å². The number of sulfonamides is 1. The Labute approximate surface area is 145 Å². The molecule has 0 aliphatic carbocycles. The standard InChI is InChI=1S/C14H10ClF3N2O4S/c15-12-4-2-1-3-11(12)13(21)19-20-25(22,23)10-7-5-9(6-8-10)24-14(16,17)18/h1-8,20H,(H,19,21). The summed E-state index contributed by atoms with van der Waals surface area (Å²) in [6, 6.07) is 9.41. The van der Waals surface area contributed by atoms with Crippen LogP contribution >= 0.6 is 11.6 Å². The highest BCUT2D eigenvalue weighted by Gasteiger charge is 2.31.